The number of carbonyl (C=O) groups excluding carboxylic acids is 16. The molecule has 0 spiro atoms. The molecule has 16 amide bonds. The number of carboxylic acid groups (broad SMARTS) is 2. The molecule has 0 aliphatic carbocycles. The number of aromatic nitrogens is 2. The molecule has 2 aromatic heterocycles. The van der Waals surface area contributed by atoms with Crippen LogP contribution in [0.25, 0.3) is 21.8 Å². The average molecular weight is 1830 g/mol. The highest BCUT2D eigenvalue weighted by Gasteiger charge is 2.47. The van der Waals surface area contributed by atoms with E-state index in [9.17, 15) is 78.3 Å². The molecule has 0 radical (unpaired) electrons. The van der Waals surface area contributed by atoms with Gasteiger partial charge in [-0.2, -0.15) is 0 Å². The van der Waals surface area contributed by atoms with E-state index in [1.165, 1.54) is 52.3 Å². The fourth-order valence-corrected chi connectivity index (χ4v) is 16.8. The lowest BCUT2D eigenvalue weighted by Crippen LogP contribution is -2.62. The van der Waals surface area contributed by atoms with Gasteiger partial charge in [0.25, 0.3) is 0 Å². The van der Waals surface area contributed by atoms with Gasteiger partial charge in [-0.3, -0.25) is 86.3 Å². The number of primary amides is 1. The van der Waals surface area contributed by atoms with Gasteiger partial charge in [0.15, 0.2) is 0 Å². The molecule has 0 unspecified atom stereocenters. The van der Waals surface area contributed by atoms with Crippen molar-refractivity contribution in [2.75, 3.05) is 65.4 Å². The zero-order chi connectivity index (χ0) is 95.5. The maximum Gasteiger partial charge on any atom is 0.305 e. The van der Waals surface area contributed by atoms with Crippen LogP contribution in [0.2, 0.25) is 0 Å². The number of carboxylic acids is 2. The number of phenols is 1. The summed E-state index contributed by atoms with van der Waals surface area (Å²) in [6.07, 6.45) is -0.647. The van der Waals surface area contributed by atoms with E-state index in [0.717, 1.165) is 24.5 Å². The van der Waals surface area contributed by atoms with Crippen molar-refractivity contribution in [1.82, 2.24) is 87.6 Å². The Bertz CT molecular complexity index is 4910. The van der Waals surface area contributed by atoms with E-state index in [1.54, 1.807) is 81.7 Å². The van der Waals surface area contributed by atoms with E-state index < -0.39 is 261 Å². The number of phenolic OH excluding ortho intramolecular Hbond substituents is 1. The van der Waals surface area contributed by atoms with E-state index in [4.69, 9.17) is 11.5 Å². The van der Waals surface area contributed by atoms with Crippen LogP contribution in [0.3, 0.4) is 0 Å². The second-order valence-corrected chi connectivity index (χ2v) is 34.3. The minimum absolute atomic E-state index is 0.0469. The fourth-order valence-electron chi connectivity index (χ4n) is 15.9. The summed E-state index contributed by atoms with van der Waals surface area (Å²) in [5, 5.41) is 79.5. The summed E-state index contributed by atoms with van der Waals surface area (Å²) in [7, 11) is 3.76. The van der Waals surface area contributed by atoms with Crippen LogP contribution >= 0.6 is 11.8 Å². The van der Waals surface area contributed by atoms with Crippen LogP contribution in [0.1, 0.15) is 135 Å². The number of likely N-dealkylation sites (N-methyl/N-ethyl adjacent to an activating group) is 3. The third-order valence-electron chi connectivity index (χ3n) is 23.2. The number of aromatic hydroxyl groups is 1. The molecule has 21 N–H and O–H groups in total. The number of unbranched alkanes of at least 4 members (excludes halogenated alkanes) is 2. The van der Waals surface area contributed by atoms with Gasteiger partial charge in [0.05, 0.1) is 31.4 Å². The molecule has 0 bridgehead atoms. The van der Waals surface area contributed by atoms with Crippen molar-refractivity contribution >= 4 is 140 Å². The molecule has 5 aromatic rings. The van der Waals surface area contributed by atoms with Crippen LogP contribution in [0, 0.1) is 5.92 Å². The number of carbonyl (C=O) groups is 18. The van der Waals surface area contributed by atoms with Gasteiger partial charge in [0.1, 0.15) is 90.3 Å². The quantitative estimate of drug-likeness (QED) is 0.0298. The molecule has 3 saturated heterocycles. The number of aliphatic hydroxyl groups excluding tert-OH is 2. The van der Waals surface area contributed by atoms with Gasteiger partial charge >= 0.3 is 11.9 Å². The number of para-hydroxylation sites is 2. The zero-order valence-corrected chi connectivity index (χ0v) is 74.8. The number of nitrogens with two attached hydrogens (primary N) is 2. The summed E-state index contributed by atoms with van der Waals surface area (Å²) in [4.78, 5) is 271. The molecule has 708 valence electrons. The molecule has 3 aliphatic heterocycles. The van der Waals surface area contributed by atoms with Crippen LogP contribution < -0.4 is 64.6 Å². The Balaban J connectivity index is 1.18. The summed E-state index contributed by atoms with van der Waals surface area (Å²) in [6.45, 7) is 5.11. The van der Waals surface area contributed by atoms with Crippen molar-refractivity contribution in [1.29, 1.82) is 0 Å². The Labute approximate surface area is 754 Å². The normalized spacial score (nSPS) is 25.3. The van der Waals surface area contributed by atoms with Crippen LogP contribution in [0.15, 0.2) is 85.2 Å². The SMILES string of the molecule is CCCC[C@H]1C(=O)N(C)[C@@H](CCCC)C(=O)N[C@@H](CCC(=O)O)C(=O)N[C@H](C(=O)NCC(N)=O)CSCC(=O)N[C@@H](Cc2ccc(O)cc2)C(=O)N(C)[C@@H](C)C(=O)N[C@H](CC(=O)O)C(=O)N2CCC[C@H]2C(=O)N[C@@H](CN)C(=O)N[C@@H](CC(C)C)C(=O)N2C[C@H](O)C[C@H]2C(=O)N[C@@H](Cc2c[nH]c3ccccc23)C(=O)N[C@@H](CO)C(=O)N[C@@H](Cc2c[nH]c3ccccc23)C(=O)N1C. The molecular weight excluding hydrogens is 1710 g/mol. The Morgan fingerprint density at radius 3 is 1.65 bits per heavy atom. The number of benzene rings is 3. The summed E-state index contributed by atoms with van der Waals surface area (Å²) in [5.41, 5.74) is 14.1. The number of aromatic amines is 2. The van der Waals surface area contributed by atoms with Gasteiger partial charge in [-0.05, 0) is 92.3 Å². The van der Waals surface area contributed by atoms with Crippen LogP contribution in [-0.4, -0.2) is 323 Å². The number of H-pyrrole nitrogens is 2. The largest absolute Gasteiger partial charge is 0.508 e. The number of nitrogens with one attached hydrogen (secondary N) is 12. The number of fused-ring (bicyclic) bond motifs is 4. The Kier molecular flexibility index (Phi) is 38.4. The number of nitrogens with zero attached hydrogens (tertiary/aromatic N) is 5. The van der Waals surface area contributed by atoms with Crippen molar-refractivity contribution in [3.63, 3.8) is 0 Å². The maximum atomic E-state index is 15.7. The lowest BCUT2D eigenvalue weighted by atomic mass is 10.00. The Hall–Kier alpha value is -12.8. The molecule has 5 heterocycles. The van der Waals surface area contributed by atoms with Gasteiger partial charge in [0, 0.05) is 113 Å². The second kappa shape index (κ2) is 48.6. The minimum Gasteiger partial charge on any atom is -0.508 e. The highest BCUT2D eigenvalue weighted by atomic mass is 32.2. The lowest BCUT2D eigenvalue weighted by Gasteiger charge is -2.36. The van der Waals surface area contributed by atoms with E-state index in [2.05, 4.69) is 63.1 Å². The van der Waals surface area contributed by atoms with Crippen molar-refractivity contribution in [2.45, 2.75) is 228 Å². The van der Waals surface area contributed by atoms with Crippen molar-refractivity contribution in [3.8, 4) is 5.75 Å². The van der Waals surface area contributed by atoms with Crippen LogP contribution in [-0.2, 0) is 106 Å². The molecule has 3 aromatic carbocycles. The molecule has 3 aliphatic rings. The molecule has 43 heteroatoms. The molecule has 15 atom stereocenters. The number of hydrogen-bond donors (Lipinski definition) is 19. The number of amides is 16. The van der Waals surface area contributed by atoms with Crippen molar-refractivity contribution < 1.29 is 112 Å². The Morgan fingerprint density at radius 1 is 0.546 bits per heavy atom. The molecule has 42 nitrogen and oxygen atoms in total. The lowest BCUT2D eigenvalue weighted by molar-refractivity contribution is -0.149. The number of hydrogen-bond acceptors (Lipinski definition) is 23. The van der Waals surface area contributed by atoms with E-state index in [0.29, 0.717) is 69.5 Å². The molecule has 3 fully saturated rings. The Morgan fingerprint density at radius 2 is 1.06 bits per heavy atom. The number of thioether (sulfide) groups is 1. The van der Waals surface area contributed by atoms with Gasteiger partial charge in [-0.25, -0.2) is 0 Å². The summed E-state index contributed by atoms with van der Waals surface area (Å²) in [5.74, 6) is -20.7. The van der Waals surface area contributed by atoms with Crippen LogP contribution in [0.4, 0.5) is 0 Å². The highest BCUT2D eigenvalue weighted by molar-refractivity contribution is 8.00. The summed E-state index contributed by atoms with van der Waals surface area (Å²) >= 11 is 0.695. The topological polar surface area (TPSA) is 629 Å². The number of aliphatic carboxylic acids is 2. The predicted octanol–water partition coefficient (Wildman–Crippen LogP) is -2.74. The first-order chi connectivity index (χ1) is 61.8. The first-order valence-corrected chi connectivity index (χ1v) is 44.5. The standard InChI is InChI=1S/C87H121N19O23S/c1-9-11-22-66-80(122)94-57(29-30-72(112)113)76(118)101-65(75(117)92-41-70(89)110)44-130-45-71(111)93-60(33-48-25-27-51(108)28-26-48)83(125)102(6)47(5)74(116)96-62(37-73(114)115)85(127)105-31-17-24-67(105)81(123)99-63(38-88)78(120)97-59(32-46(3)4)86(128)106-42-52(109)36-69(106)82(124)95-58(34-49-39-90-55-20-15-13-18-53(49)55)77(119)100-64(43-107)79(121)98-61(35-50-40-91-56-21-16-14-19-54(50)56)84(126)104(8)68(23-12-10-2)87(129)103(66)7/h13-16,18-21,25-28,39-40,46-47,52,57-69,90-91,107-109H,9-12,17,22-24,29-38,41-45,88H2,1-8H3,(H2,89,110)(H,92,117)(H,93,111)(H,94,122)(H,95,124)(H,96,116)(H,97,120)(H,98,121)(H,99,123)(H,100,119)(H,101,118)(H,112,113)(H,114,115)/t47-,52+,57-,58-,59-,60-,61-,62+,63-,64-,65-,66-,67-,68-,69-/m0/s1. The monoisotopic (exact) mass is 1830 g/mol. The summed E-state index contributed by atoms with van der Waals surface area (Å²) in [6, 6.07) is -3.37. The van der Waals surface area contributed by atoms with Crippen molar-refractivity contribution in [2.24, 2.45) is 17.4 Å². The van der Waals surface area contributed by atoms with E-state index in [1.807, 2.05) is 6.92 Å². The minimum atomic E-state index is -1.91. The molecule has 8 rings (SSSR count). The molecular formula is C87H121N19O23S. The van der Waals surface area contributed by atoms with E-state index in [-0.39, 0.29) is 76.0 Å². The number of aliphatic hydroxyl groups is 2. The van der Waals surface area contributed by atoms with Gasteiger partial charge in [-0.15, -0.1) is 11.8 Å². The molecule has 0 saturated carbocycles. The van der Waals surface area contributed by atoms with Gasteiger partial charge in [-0.1, -0.05) is 102 Å². The smallest absolute Gasteiger partial charge is 0.305 e. The maximum absolute atomic E-state index is 15.7. The van der Waals surface area contributed by atoms with Crippen molar-refractivity contribution in [3.05, 3.63) is 102 Å². The van der Waals surface area contributed by atoms with E-state index >= 15 is 33.6 Å². The second-order valence-electron chi connectivity index (χ2n) is 33.3. The predicted molar refractivity (Wildman–Crippen MR) is 473 cm³/mol. The zero-order valence-electron chi connectivity index (χ0n) is 74.0. The average Bonchev–Trinajstić information content (AvgIpc) is 1.59. The van der Waals surface area contributed by atoms with Gasteiger partial charge < -0.3 is 125 Å². The third kappa shape index (κ3) is 28.1. The number of rotatable bonds is 24. The van der Waals surface area contributed by atoms with Crippen LogP contribution in [0.5, 0.6) is 5.75 Å². The highest BCUT2D eigenvalue weighted by Crippen LogP contribution is 2.28. The third-order valence-corrected chi connectivity index (χ3v) is 24.2. The van der Waals surface area contributed by atoms with Gasteiger partial charge in [0.2, 0.25) is 94.5 Å². The molecule has 130 heavy (non-hydrogen) atoms. The first kappa shape index (κ1) is 103. The first-order valence-electron chi connectivity index (χ1n) is 43.4. The fraction of sp³-hybridized carbons (Fsp3) is 0.540. The summed E-state index contributed by atoms with van der Waals surface area (Å²) < 4.78 is 0.